The van der Waals surface area contributed by atoms with E-state index < -0.39 is 0 Å². The Kier molecular flexibility index (Phi) is 5.41. The maximum atomic E-state index is 5.52. The number of hydrogen-bond acceptors (Lipinski definition) is 4. The molecule has 0 radical (unpaired) electrons. The van der Waals surface area contributed by atoms with Crippen molar-refractivity contribution in [3.8, 4) is 0 Å². The van der Waals surface area contributed by atoms with Gasteiger partial charge < -0.3 is 10.1 Å². The van der Waals surface area contributed by atoms with E-state index in [0.717, 1.165) is 44.8 Å². The summed E-state index contributed by atoms with van der Waals surface area (Å²) in [5.41, 5.74) is 2.52. The van der Waals surface area contributed by atoms with Crippen molar-refractivity contribution >= 4 is 0 Å². The maximum absolute atomic E-state index is 5.52. The Morgan fingerprint density at radius 3 is 2.57 bits per heavy atom. The minimum atomic E-state index is 0.136. The molecule has 2 atom stereocenters. The van der Waals surface area contributed by atoms with Crippen LogP contribution in [0.2, 0.25) is 0 Å². The van der Waals surface area contributed by atoms with Gasteiger partial charge in [-0.2, -0.15) is 5.10 Å². The van der Waals surface area contributed by atoms with E-state index in [1.165, 1.54) is 5.69 Å². The third kappa shape index (κ3) is 3.47. The number of rotatable bonds is 6. The first kappa shape index (κ1) is 16.5. The lowest BCUT2D eigenvalue weighted by molar-refractivity contribution is -0.0315. The Balaban J connectivity index is 2.18. The van der Waals surface area contributed by atoms with Gasteiger partial charge in [0.05, 0.1) is 18.9 Å². The second-order valence-electron chi connectivity index (χ2n) is 6.26. The summed E-state index contributed by atoms with van der Waals surface area (Å²) in [6.45, 7) is 10.4. The highest BCUT2D eigenvalue weighted by atomic mass is 16.5. The quantitative estimate of drug-likeness (QED) is 0.860. The number of hydrogen-bond donors (Lipinski definition) is 1. The molecule has 0 saturated carbocycles. The van der Waals surface area contributed by atoms with E-state index in [1.807, 2.05) is 11.7 Å². The van der Waals surface area contributed by atoms with E-state index in [0.29, 0.717) is 6.04 Å². The summed E-state index contributed by atoms with van der Waals surface area (Å²) < 4.78 is 7.53. The number of likely N-dealkylation sites (N-methyl/N-ethyl adjacent to an activating group) is 1. The number of aryl methyl sites for hydroxylation is 2. The number of nitrogens with zero attached hydrogens (tertiary/aromatic N) is 3. The summed E-state index contributed by atoms with van der Waals surface area (Å²) in [5.74, 6) is 0. The van der Waals surface area contributed by atoms with Crippen LogP contribution in [0, 0.1) is 6.92 Å². The van der Waals surface area contributed by atoms with E-state index in [4.69, 9.17) is 4.74 Å². The largest absolute Gasteiger partial charge is 0.379 e. The van der Waals surface area contributed by atoms with Crippen LogP contribution < -0.4 is 5.32 Å². The second-order valence-corrected chi connectivity index (χ2v) is 6.26. The standard InChI is InChI=1S/C16H30N4O/c1-6-16(3,20-7-9-21-10-8-20)15(17-4)12-14-11-13(2)18-19(14)5/h11,15,17H,6-10,12H2,1-5H3. The van der Waals surface area contributed by atoms with Crippen molar-refractivity contribution in [2.45, 2.75) is 45.2 Å². The average molecular weight is 294 g/mol. The van der Waals surface area contributed by atoms with Gasteiger partial charge in [0, 0.05) is 43.8 Å². The van der Waals surface area contributed by atoms with Crippen LogP contribution in [0.25, 0.3) is 0 Å². The van der Waals surface area contributed by atoms with Crippen LogP contribution >= 0.6 is 0 Å². The van der Waals surface area contributed by atoms with Crippen molar-refractivity contribution in [3.05, 3.63) is 17.5 Å². The average Bonchev–Trinajstić information content (AvgIpc) is 2.82. The molecule has 1 aliphatic rings. The second kappa shape index (κ2) is 6.90. The molecule has 2 heterocycles. The molecule has 0 spiro atoms. The Bertz CT molecular complexity index is 453. The molecule has 0 bridgehead atoms. The van der Waals surface area contributed by atoms with E-state index in [1.54, 1.807) is 0 Å². The van der Waals surface area contributed by atoms with E-state index >= 15 is 0 Å². The zero-order valence-corrected chi connectivity index (χ0v) is 14.1. The minimum Gasteiger partial charge on any atom is -0.379 e. The van der Waals surface area contributed by atoms with E-state index in [-0.39, 0.29) is 5.54 Å². The van der Waals surface area contributed by atoms with Gasteiger partial charge in [-0.3, -0.25) is 9.58 Å². The summed E-state index contributed by atoms with van der Waals surface area (Å²) in [6, 6.07) is 2.59. The third-order valence-corrected chi connectivity index (χ3v) is 5.06. The van der Waals surface area contributed by atoms with Crippen molar-refractivity contribution in [2.75, 3.05) is 33.4 Å². The molecule has 1 N–H and O–H groups in total. The zero-order chi connectivity index (χ0) is 15.5. The van der Waals surface area contributed by atoms with Gasteiger partial charge >= 0.3 is 0 Å². The fourth-order valence-corrected chi connectivity index (χ4v) is 3.46. The topological polar surface area (TPSA) is 42.3 Å². The molecule has 120 valence electrons. The van der Waals surface area contributed by atoms with Crippen molar-refractivity contribution in [1.29, 1.82) is 0 Å². The first-order chi connectivity index (χ1) is 10.0. The minimum absolute atomic E-state index is 0.136. The molecule has 2 rings (SSSR count). The highest BCUT2D eigenvalue weighted by Crippen LogP contribution is 2.27. The third-order valence-electron chi connectivity index (χ3n) is 5.06. The fraction of sp³-hybridized carbons (Fsp3) is 0.812. The van der Waals surface area contributed by atoms with Crippen LogP contribution in [0.5, 0.6) is 0 Å². The predicted molar refractivity (Wildman–Crippen MR) is 85.6 cm³/mol. The summed E-state index contributed by atoms with van der Waals surface area (Å²) >= 11 is 0. The van der Waals surface area contributed by atoms with Crippen molar-refractivity contribution in [3.63, 3.8) is 0 Å². The van der Waals surface area contributed by atoms with E-state index in [2.05, 4.69) is 49.2 Å². The molecule has 1 fully saturated rings. The fourth-order valence-electron chi connectivity index (χ4n) is 3.46. The molecular formula is C16H30N4O. The molecule has 5 nitrogen and oxygen atoms in total. The first-order valence-corrected chi connectivity index (χ1v) is 8.01. The summed E-state index contributed by atoms with van der Waals surface area (Å²) in [4.78, 5) is 2.58. The first-order valence-electron chi connectivity index (χ1n) is 8.01. The van der Waals surface area contributed by atoms with E-state index in [9.17, 15) is 0 Å². The number of nitrogens with one attached hydrogen (secondary N) is 1. The number of morpholine rings is 1. The van der Waals surface area contributed by atoms with Crippen LogP contribution in [-0.2, 0) is 18.2 Å². The van der Waals surface area contributed by atoms with Crippen LogP contribution in [0.1, 0.15) is 31.7 Å². The van der Waals surface area contributed by atoms with Gasteiger partial charge in [-0.25, -0.2) is 0 Å². The number of aromatic nitrogens is 2. The van der Waals surface area contributed by atoms with Gasteiger partial charge in [-0.15, -0.1) is 0 Å². The zero-order valence-electron chi connectivity index (χ0n) is 14.1. The number of ether oxygens (including phenoxy) is 1. The Labute approximate surface area is 128 Å². The monoisotopic (exact) mass is 294 g/mol. The molecule has 0 amide bonds. The predicted octanol–water partition coefficient (Wildman–Crippen LogP) is 1.36. The summed E-state index contributed by atoms with van der Waals surface area (Å²) in [7, 11) is 4.11. The SMILES string of the molecule is CCC(C)(C(Cc1cc(C)nn1C)NC)N1CCOCC1. The lowest BCUT2D eigenvalue weighted by Crippen LogP contribution is -2.62. The van der Waals surface area contributed by atoms with Crippen LogP contribution in [0.15, 0.2) is 6.07 Å². The highest BCUT2D eigenvalue weighted by Gasteiger charge is 2.38. The molecule has 21 heavy (non-hydrogen) atoms. The summed E-state index contributed by atoms with van der Waals surface area (Å²) in [5, 5.41) is 8.03. The summed E-state index contributed by atoms with van der Waals surface area (Å²) in [6.07, 6.45) is 2.12. The molecule has 1 saturated heterocycles. The molecular weight excluding hydrogens is 264 g/mol. The van der Waals surface area contributed by atoms with Crippen LogP contribution in [0.4, 0.5) is 0 Å². The molecule has 2 unspecified atom stereocenters. The molecule has 1 aromatic heterocycles. The van der Waals surface area contributed by atoms with Crippen molar-refractivity contribution in [2.24, 2.45) is 7.05 Å². The van der Waals surface area contributed by atoms with Gasteiger partial charge in [0.15, 0.2) is 0 Å². The Morgan fingerprint density at radius 1 is 1.43 bits per heavy atom. The Morgan fingerprint density at radius 2 is 2.10 bits per heavy atom. The molecule has 0 aliphatic carbocycles. The van der Waals surface area contributed by atoms with Gasteiger partial charge in [0.1, 0.15) is 0 Å². The molecule has 1 aliphatic heterocycles. The van der Waals surface area contributed by atoms with Crippen molar-refractivity contribution < 1.29 is 4.74 Å². The van der Waals surface area contributed by atoms with Crippen molar-refractivity contribution in [1.82, 2.24) is 20.0 Å². The van der Waals surface area contributed by atoms with Gasteiger partial charge in [-0.1, -0.05) is 6.92 Å². The maximum Gasteiger partial charge on any atom is 0.0596 e. The van der Waals surface area contributed by atoms with Crippen LogP contribution in [0.3, 0.4) is 0 Å². The Hall–Kier alpha value is -0.910. The lowest BCUT2D eigenvalue weighted by atomic mass is 9.84. The highest BCUT2D eigenvalue weighted by molar-refractivity contribution is 5.12. The molecule has 5 heteroatoms. The van der Waals surface area contributed by atoms with Gasteiger partial charge in [0.2, 0.25) is 0 Å². The molecule has 0 aromatic carbocycles. The van der Waals surface area contributed by atoms with Gasteiger partial charge in [-0.05, 0) is 33.4 Å². The normalized spacial score (nSPS) is 21.2. The van der Waals surface area contributed by atoms with Gasteiger partial charge in [0.25, 0.3) is 0 Å². The molecule has 1 aromatic rings. The lowest BCUT2D eigenvalue weighted by Gasteiger charge is -2.47. The van der Waals surface area contributed by atoms with Crippen LogP contribution in [-0.4, -0.2) is 59.6 Å². The smallest absolute Gasteiger partial charge is 0.0596 e.